The number of para-hydroxylation sites is 1. The zero-order valence-electron chi connectivity index (χ0n) is 21.6. The molecule has 1 heterocycles. The molecule has 0 aliphatic rings. The van der Waals surface area contributed by atoms with Crippen LogP contribution >= 0.6 is 0 Å². The van der Waals surface area contributed by atoms with Crippen LogP contribution in [-0.4, -0.2) is 4.57 Å². The van der Waals surface area contributed by atoms with Crippen LogP contribution in [0, 0.1) is 39.0 Å². The summed E-state index contributed by atoms with van der Waals surface area (Å²) in [6, 6.07) is 36.3. The molecule has 0 atom stereocenters. The van der Waals surface area contributed by atoms with Crippen LogP contribution in [0.2, 0.25) is 0 Å². The number of benzene rings is 5. The van der Waals surface area contributed by atoms with Crippen molar-refractivity contribution in [2.75, 3.05) is 0 Å². The van der Waals surface area contributed by atoms with Gasteiger partial charge in [-0.25, -0.2) is 0 Å². The zero-order valence-corrected chi connectivity index (χ0v) is 21.6. The average molecular weight is 477 g/mol. The van der Waals surface area contributed by atoms with Crippen molar-refractivity contribution in [3.05, 3.63) is 125 Å². The lowest BCUT2D eigenvalue weighted by molar-refractivity contribution is 1.09. The van der Waals surface area contributed by atoms with Gasteiger partial charge in [0.2, 0.25) is 0 Å². The third-order valence-corrected chi connectivity index (χ3v) is 7.87. The minimum Gasteiger partial charge on any atom is -0.309 e. The summed E-state index contributed by atoms with van der Waals surface area (Å²) in [7, 11) is 0. The molecule has 2 nitrogen and oxygen atoms in total. The lowest BCUT2D eigenvalue weighted by Gasteiger charge is -2.23. The molecule has 0 bridgehead atoms. The summed E-state index contributed by atoms with van der Waals surface area (Å²) in [5.74, 6) is 0. The Bertz CT molecular complexity index is 1860. The van der Waals surface area contributed by atoms with E-state index in [1.165, 1.54) is 55.6 Å². The topological polar surface area (TPSA) is 28.7 Å². The van der Waals surface area contributed by atoms with Crippen LogP contribution in [0.1, 0.15) is 27.8 Å². The van der Waals surface area contributed by atoms with Crippen LogP contribution in [0.5, 0.6) is 0 Å². The summed E-state index contributed by atoms with van der Waals surface area (Å²) in [6.07, 6.45) is 0. The lowest BCUT2D eigenvalue weighted by Crippen LogP contribution is -2.06. The Labute approximate surface area is 218 Å². The van der Waals surface area contributed by atoms with Crippen molar-refractivity contribution in [1.82, 2.24) is 4.57 Å². The largest absolute Gasteiger partial charge is 0.309 e. The van der Waals surface area contributed by atoms with Gasteiger partial charge in [-0.15, -0.1) is 0 Å². The molecule has 0 fully saturated rings. The summed E-state index contributed by atoms with van der Waals surface area (Å²) in [5, 5.41) is 11.8. The molecule has 178 valence electrons. The second-order valence-electron chi connectivity index (χ2n) is 9.87. The van der Waals surface area contributed by atoms with E-state index in [0.29, 0.717) is 5.56 Å². The van der Waals surface area contributed by atoms with Crippen molar-refractivity contribution in [1.29, 1.82) is 5.26 Å². The van der Waals surface area contributed by atoms with Crippen molar-refractivity contribution >= 4 is 21.8 Å². The molecule has 5 aromatic carbocycles. The van der Waals surface area contributed by atoms with E-state index in [1.54, 1.807) is 0 Å². The van der Waals surface area contributed by atoms with Gasteiger partial charge in [0.15, 0.2) is 0 Å². The van der Waals surface area contributed by atoms with Gasteiger partial charge in [-0.2, -0.15) is 5.26 Å². The van der Waals surface area contributed by atoms with E-state index >= 15 is 0 Å². The summed E-state index contributed by atoms with van der Waals surface area (Å²) >= 11 is 0. The number of hydrogen-bond acceptors (Lipinski definition) is 1. The van der Waals surface area contributed by atoms with E-state index in [2.05, 4.69) is 123 Å². The van der Waals surface area contributed by atoms with Crippen LogP contribution < -0.4 is 0 Å². The lowest BCUT2D eigenvalue weighted by atomic mass is 9.87. The highest BCUT2D eigenvalue weighted by Gasteiger charge is 2.21. The van der Waals surface area contributed by atoms with Crippen LogP contribution in [0.3, 0.4) is 0 Å². The Balaban J connectivity index is 1.68. The Hall–Kier alpha value is -4.61. The van der Waals surface area contributed by atoms with Crippen LogP contribution in [-0.2, 0) is 0 Å². The fraction of sp³-hybridized carbons (Fsp3) is 0.114. The van der Waals surface area contributed by atoms with Crippen LogP contribution in [0.15, 0.2) is 97.1 Å². The summed E-state index contributed by atoms with van der Waals surface area (Å²) < 4.78 is 2.40. The quantitative estimate of drug-likeness (QED) is 0.250. The molecular formula is C35H28N2. The normalized spacial score (nSPS) is 11.2. The maximum atomic E-state index is 9.56. The fourth-order valence-electron chi connectivity index (χ4n) is 5.86. The van der Waals surface area contributed by atoms with Crippen molar-refractivity contribution in [2.24, 2.45) is 0 Å². The van der Waals surface area contributed by atoms with Gasteiger partial charge in [0.1, 0.15) is 0 Å². The van der Waals surface area contributed by atoms with E-state index in [9.17, 15) is 5.26 Å². The highest BCUT2D eigenvalue weighted by Crippen LogP contribution is 2.41. The molecule has 0 aliphatic carbocycles. The van der Waals surface area contributed by atoms with Crippen molar-refractivity contribution in [3.63, 3.8) is 0 Å². The molecule has 0 saturated heterocycles. The summed E-state index contributed by atoms with van der Waals surface area (Å²) in [6.45, 7) is 8.97. The molecule has 6 rings (SSSR count). The minimum absolute atomic E-state index is 0.683. The predicted octanol–water partition coefficient (Wildman–Crippen LogP) is 9.22. The Morgan fingerprint density at radius 1 is 0.541 bits per heavy atom. The molecule has 0 saturated carbocycles. The first-order chi connectivity index (χ1) is 18.0. The van der Waals surface area contributed by atoms with E-state index in [0.717, 1.165) is 16.4 Å². The predicted molar refractivity (Wildman–Crippen MR) is 155 cm³/mol. The zero-order chi connectivity index (χ0) is 25.7. The molecular weight excluding hydrogens is 448 g/mol. The van der Waals surface area contributed by atoms with Crippen molar-refractivity contribution < 1.29 is 0 Å². The second kappa shape index (κ2) is 8.80. The SMILES string of the molecule is Cc1c(C)c(-c2cccc(-c3ccccc3)c2)c(C)c(-n2c3ccccc3c3cc(C#N)ccc32)c1C. The Kier molecular flexibility index (Phi) is 5.43. The first-order valence-electron chi connectivity index (χ1n) is 12.7. The second-order valence-corrected chi connectivity index (χ2v) is 9.87. The number of fused-ring (bicyclic) bond motifs is 3. The minimum atomic E-state index is 0.683. The van der Waals surface area contributed by atoms with Gasteiger partial charge in [0.25, 0.3) is 0 Å². The molecule has 0 spiro atoms. The average Bonchev–Trinajstić information content (AvgIpc) is 3.26. The van der Waals surface area contributed by atoms with Gasteiger partial charge in [0, 0.05) is 10.8 Å². The standard InChI is InChI=1S/C35H28N2/c1-22-23(2)34(29-14-10-13-28(20-29)27-11-6-5-7-12-27)25(4)35(24(22)3)37-32-16-9-8-15-30(32)31-19-26(21-36)17-18-33(31)37/h5-20H,1-4H3. The smallest absolute Gasteiger partial charge is 0.0991 e. The molecule has 37 heavy (non-hydrogen) atoms. The number of nitrogens with zero attached hydrogens (tertiary/aromatic N) is 2. The molecule has 0 unspecified atom stereocenters. The number of nitriles is 1. The fourth-order valence-corrected chi connectivity index (χ4v) is 5.86. The Morgan fingerprint density at radius 2 is 1.22 bits per heavy atom. The highest BCUT2D eigenvalue weighted by atomic mass is 15.0. The van der Waals surface area contributed by atoms with Crippen molar-refractivity contribution in [2.45, 2.75) is 27.7 Å². The maximum absolute atomic E-state index is 9.56. The van der Waals surface area contributed by atoms with Gasteiger partial charge in [0.05, 0.1) is 28.4 Å². The number of rotatable bonds is 3. The van der Waals surface area contributed by atoms with Crippen molar-refractivity contribution in [3.8, 4) is 34.0 Å². The summed E-state index contributed by atoms with van der Waals surface area (Å²) in [4.78, 5) is 0. The van der Waals surface area contributed by atoms with E-state index in [4.69, 9.17) is 0 Å². The van der Waals surface area contributed by atoms with Gasteiger partial charge in [-0.1, -0.05) is 66.7 Å². The van der Waals surface area contributed by atoms with Crippen LogP contribution in [0.4, 0.5) is 0 Å². The van der Waals surface area contributed by atoms with Gasteiger partial charge < -0.3 is 4.57 Å². The van der Waals surface area contributed by atoms with E-state index in [1.807, 2.05) is 12.1 Å². The molecule has 0 aliphatic heterocycles. The van der Waals surface area contributed by atoms with Gasteiger partial charge in [-0.3, -0.25) is 0 Å². The van der Waals surface area contributed by atoms with Gasteiger partial charge in [-0.05, 0) is 103 Å². The maximum Gasteiger partial charge on any atom is 0.0991 e. The monoisotopic (exact) mass is 476 g/mol. The highest BCUT2D eigenvalue weighted by molar-refractivity contribution is 6.10. The molecule has 1 aromatic heterocycles. The third kappa shape index (κ3) is 3.55. The van der Waals surface area contributed by atoms with E-state index in [-0.39, 0.29) is 0 Å². The van der Waals surface area contributed by atoms with Crippen LogP contribution in [0.25, 0.3) is 49.7 Å². The molecule has 0 amide bonds. The molecule has 0 N–H and O–H groups in total. The summed E-state index contributed by atoms with van der Waals surface area (Å²) in [5.41, 5.74) is 14.3. The number of hydrogen-bond donors (Lipinski definition) is 0. The first kappa shape index (κ1) is 22.8. The molecule has 0 radical (unpaired) electrons. The van der Waals surface area contributed by atoms with Gasteiger partial charge >= 0.3 is 0 Å². The Morgan fingerprint density at radius 3 is 2.00 bits per heavy atom. The number of aromatic nitrogens is 1. The molecule has 6 aromatic rings. The van der Waals surface area contributed by atoms with E-state index < -0.39 is 0 Å². The third-order valence-electron chi connectivity index (χ3n) is 7.87. The molecule has 2 heteroatoms. The first-order valence-corrected chi connectivity index (χ1v) is 12.7.